The van der Waals surface area contributed by atoms with E-state index in [9.17, 15) is 8.42 Å². The molecule has 1 aliphatic rings. The molecule has 0 aliphatic carbocycles. The summed E-state index contributed by atoms with van der Waals surface area (Å²) in [7, 11) is -0.970. The number of nitrogens with two attached hydrogens (primary N) is 1. The van der Waals surface area contributed by atoms with Gasteiger partial charge in [0.05, 0.1) is 11.5 Å². The number of hydrogen-bond donors (Lipinski definition) is 1. The summed E-state index contributed by atoms with van der Waals surface area (Å²) in [6.07, 6.45) is 0.671. The molecule has 1 aromatic heterocycles. The second-order valence-corrected chi connectivity index (χ2v) is 8.01. The normalized spacial score (nSPS) is 21.4. The van der Waals surface area contributed by atoms with Gasteiger partial charge in [-0.05, 0) is 30.0 Å². The Hall–Kier alpha value is -1.14. The molecule has 20 heavy (non-hydrogen) atoms. The van der Waals surface area contributed by atoms with E-state index in [1.54, 1.807) is 0 Å². The Morgan fingerprint density at radius 3 is 2.65 bits per heavy atom. The maximum atomic E-state index is 11.6. The molecule has 0 saturated carbocycles. The fourth-order valence-corrected chi connectivity index (χ4v) is 4.23. The lowest BCUT2D eigenvalue weighted by atomic mass is 10.1. The smallest absolute Gasteiger partial charge is 0.152 e. The highest BCUT2D eigenvalue weighted by Gasteiger charge is 2.31. The second-order valence-electron chi connectivity index (χ2n) is 5.79. The topological polar surface area (TPSA) is 76.3 Å². The van der Waals surface area contributed by atoms with Crippen molar-refractivity contribution >= 4 is 15.7 Å². The van der Waals surface area contributed by atoms with E-state index >= 15 is 0 Å². The first kappa shape index (κ1) is 15.3. The van der Waals surface area contributed by atoms with E-state index in [0.717, 1.165) is 17.1 Å². The molecule has 0 aromatic carbocycles. The summed E-state index contributed by atoms with van der Waals surface area (Å²) in [6.45, 7) is 4.64. The molecule has 6 heteroatoms. The summed E-state index contributed by atoms with van der Waals surface area (Å²) in [4.78, 5) is 6.63. The number of anilines is 1. The second kappa shape index (κ2) is 5.69. The lowest BCUT2D eigenvalue weighted by Gasteiger charge is -2.26. The van der Waals surface area contributed by atoms with Crippen LogP contribution in [-0.2, 0) is 16.4 Å². The van der Waals surface area contributed by atoms with Crippen LogP contribution in [0.5, 0.6) is 0 Å². The zero-order valence-electron chi connectivity index (χ0n) is 12.3. The van der Waals surface area contributed by atoms with Gasteiger partial charge < -0.3 is 10.6 Å². The molecule has 0 spiro atoms. The van der Waals surface area contributed by atoms with Gasteiger partial charge in [-0.3, -0.25) is 0 Å². The van der Waals surface area contributed by atoms with E-state index < -0.39 is 9.84 Å². The minimum atomic E-state index is -2.88. The molecule has 2 N–H and O–H groups in total. The third-order valence-corrected chi connectivity index (χ3v) is 5.59. The maximum absolute atomic E-state index is 11.6. The van der Waals surface area contributed by atoms with Gasteiger partial charge in [0.1, 0.15) is 5.82 Å². The molecule has 0 bridgehead atoms. The van der Waals surface area contributed by atoms with Crippen LogP contribution in [0.4, 0.5) is 5.82 Å². The molecule has 2 rings (SSSR count). The van der Waals surface area contributed by atoms with Crippen LogP contribution in [0.15, 0.2) is 12.1 Å². The van der Waals surface area contributed by atoms with Crippen LogP contribution in [0.25, 0.3) is 0 Å². The average molecular weight is 297 g/mol. The highest BCUT2D eigenvalue weighted by Crippen LogP contribution is 2.24. The van der Waals surface area contributed by atoms with Crippen molar-refractivity contribution in [2.75, 3.05) is 23.5 Å². The molecule has 2 heterocycles. The first-order valence-corrected chi connectivity index (χ1v) is 8.78. The number of aromatic nitrogens is 1. The summed E-state index contributed by atoms with van der Waals surface area (Å²) in [6, 6.07) is 3.99. The molecule has 112 valence electrons. The van der Waals surface area contributed by atoms with Gasteiger partial charge in [-0.2, -0.15) is 0 Å². The predicted molar refractivity (Wildman–Crippen MR) is 81.7 cm³/mol. The van der Waals surface area contributed by atoms with E-state index in [1.165, 1.54) is 0 Å². The van der Waals surface area contributed by atoms with Gasteiger partial charge in [-0.1, -0.05) is 13.8 Å². The van der Waals surface area contributed by atoms with Crippen LogP contribution in [0.1, 0.15) is 37.4 Å². The molecule has 1 atom stereocenters. The van der Waals surface area contributed by atoms with Crippen molar-refractivity contribution in [3.05, 3.63) is 23.4 Å². The zero-order valence-corrected chi connectivity index (χ0v) is 13.2. The van der Waals surface area contributed by atoms with Gasteiger partial charge in [0, 0.05) is 25.3 Å². The first-order valence-electron chi connectivity index (χ1n) is 6.96. The van der Waals surface area contributed by atoms with Crippen molar-refractivity contribution in [1.29, 1.82) is 0 Å². The van der Waals surface area contributed by atoms with Crippen LogP contribution in [-0.4, -0.2) is 38.0 Å². The van der Waals surface area contributed by atoms with Crippen LogP contribution >= 0.6 is 0 Å². The van der Waals surface area contributed by atoms with Crippen molar-refractivity contribution in [2.45, 2.75) is 38.8 Å². The largest absolute Gasteiger partial charge is 0.356 e. The van der Waals surface area contributed by atoms with Gasteiger partial charge in [-0.25, -0.2) is 13.4 Å². The van der Waals surface area contributed by atoms with Crippen molar-refractivity contribution in [2.24, 2.45) is 5.73 Å². The van der Waals surface area contributed by atoms with Gasteiger partial charge in [0.25, 0.3) is 0 Å². The van der Waals surface area contributed by atoms with Gasteiger partial charge in [-0.15, -0.1) is 0 Å². The molecule has 1 unspecified atom stereocenters. The molecule has 1 aliphatic heterocycles. The number of nitrogens with zero attached hydrogens (tertiary/aromatic N) is 2. The number of pyridine rings is 1. The summed E-state index contributed by atoms with van der Waals surface area (Å²) in [5.74, 6) is 1.63. The fraction of sp³-hybridized carbons (Fsp3) is 0.643. The summed E-state index contributed by atoms with van der Waals surface area (Å²) in [5.41, 5.74) is 7.77. The molecule has 5 nitrogen and oxygen atoms in total. The van der Waals surface area contributed by atoms with Gasteiger partial charge in [0.2, 0.25) is 0 Å². The van der Waals surface area contributed by atoms with E-state index in [-0.39, 0.29) is 17.5 Å². The van der Waals surface area contributed by atoms with Crippen LogP contribution in [0.3, 0.4) is 0 Å². The van der Waals surface area contributed by atoms with Crippen molar-refractivity contribution in [3.63, 3.8) is 0 Å². The van der Waals surface area contributed by atoms with Crippen molar-refractivity contribution in [3.8, 4) is 0 Å². The number of sulfone groups is 1. The SMILES string of the molecule is CC(C)c1cc(CN)cc(N(C)C2CCS(=O)(=O)C2)n1. The quantitative estimate of drug-likeness (QED) is 0.906. The highest BCUT2D eigenvalue weighted by atomic mass is 32.2. The third kappa shape index (κ3) is 3.30. The monoisotopic (exact) mass is 297 g/mol. The fourth-order valence-electron chi connectivity index (χ4n) is 2.46. The van der Waals surface area contributed by atoms with Crippen LogP contribution < -0.4 is 10.6 Å². The molecule has 0 amide bonds. The molecule has 1 saturated heterocycles. The van der Waals surface area contributed by atoms with E-state index in [2.05, 4.69) is 18.8 Å². The minimum Gasteiger partial charge on any atom is -0.356 e. The number of rotatable bonds is 4. The minimum absolute atomic E-state index is 0.0144. The Balaban J connectivity index is 2.29. The summed E-state index contributed by atoms with van der Waals surface area (Å²) < 4.78 is 23.2. The Morgan fingerprint density at radius 2 is 2.15 bits per heavy atom. The van der Waals surface area contributed by atoms with Crippen molar-refractivity contribution < 1.29 is 8.42 Å². The van der Waals surface area contributed by atoms with Crippen LogP contribution in [0, 0.1) is 0 Å². The van der Waals surface area contributed by atoms with Crippen LogP contribution in [0.2, 0.25) is 0 Å². The van der Waals surface area contributed by atoms with E-state index in [0.29, 0.717) is 18.9 Å². The third-order valence-electron chi connectivity index (χ3n) is 3.84. The summed E-state index contributed by atoms with van der Waals surface area (Å²) in [5, 5.41) is 0. The molecular formula is C14H23N3O2S. The molecule has 1 fully saturated rings. The van der Waals surface area contributed by atoms with Gasteiger partial charge >= 0.3 is 0 Å². The molecule has 0 radical (unpaired) electrons. The Morgan fingerprint density at radius 1 is 1.45 bits per heavy atom. The Kier molecular flexibility index (Phi) is 4.34. The standard InChI is InChI=1S/C14H23N3O2S/c1-10(2)13-6-11(8-15)7-14(16-13)17(3)12-4-5-20(18,19)9-12/h6-7,10,12H,4-5,8-9,15H2,1-3H3. The zero-order chi connectivity index (χ0) is 14.9. The lowest BCUT2D eigenvalue weighted by Crippen LogP contribution is -2.33. The maximum Gasteiger partial charge on any atom is 0.152 e. The van der Waals surface area contributed by atoms with Crippen molar-refractivity contribution in [1.82, 2.24) is 4.98 Å². The lowest BCUT2D eigenvalue weighted by molar-refractivity contribution is 0.600. The van der Waals surface area contributed by atoms with E-state index in [4.69, 9.17) is 5.73 Å². The molecular weight excluding hydrogens is 274 g/mol. The highest BCUT2D eigenvalue weighted by molar-refractivity contribution is 7.91. The van der Waals surface area contributed by atoms with Gasteiger partial charge in [0.15, 0.2) is 9.84 Å². The molecule has 1 aromatic rings. The first-order chi connectivity index (χ1) is 9.32. The number of hydrogen-bond acceptors (Lipinski definition) is 5. The predicted octanol–water partition coefficient (Wildman–Crippen LogP) is 1.29. The Bertz CT molecular complexity index is 584. The summed E-state index contributed by atoms with van der Waals surface area (Å²) >= 11 is 0. The van der Waals surface area contributed by atoms with E-state index in [1.807, 2.05) is 24.1 Å². The average Bonchev–Trinajstić information content (AvgIpc) is 2.77. The Labute approximate surface area is 121 Å².